The molecule has 17 heavy (non-hydrogen) atoms. The molecule has 0 bridgehead atoms. The third-order valence-electron chi connectivity index (χ3n) is 3.86. The van der Waals surface area contributed by atoms with Crippen LogP contribution in [0, 0.1) is 5.92 Å². The van der Waals surface area contributed by atoms with Crippen LogP contribution in [0.4, 0.5) is 0 Å². The van der Waals surface area contributed by atoms with Crippen molar-refractivity contribution in [1.82, 2.24) is 9.88 Å². The Morgan fingerprint density at radius 2 is 2.35 bits per heavy atom. The lowest BCUT2D eigenvalue weighted by molar-refractivity contribution is 0.141. The Balaban J connectivity index is 2.03. The van der Waals surface area contributed by atoms with E-state index in [1.807, 2.05) is 18.5 Å². The number of likely N-dealkylation sites (N-methyl/N-ethyl adjacent to an activating group) is 1. The van der Waals surface area contributed by atoms with E-state index >= 15 is 0 Å². The molecule has 0 aliphatic heterocycles. The summed E-state index contributed by atoms with van der Waals surface area (Å²) < 4.78 is 0. The normalized spacial score (nSPS) is 18.1. The number of aromatic nitrogens is 1. The van der Waals surface area contributed by atoms with Gasteiger partial charge in [-0.3, -0.25) is 9.88 Å². The zero-order chi connectivity index (χ0) is 12.1. The van der Waals surface area contributed by atoms with E-state index in [4.69, 9.17) is 5.73 Å². The van der Waals surface area contributed by atoms with E-state index in [1.54, 1.807) is 0 Å². The monoisotopic (exact) mass is 233 g/mol. The first-order chi connectivity index (χ1) is 8.35. The summed E-state index contributed by atoms with van der Waals surface area (Å²) >= 11 is 0. The van der Waals surface area contributed by atoms with E-state index in [0.29, 0.717) is 12.6 Å². The third-order valence-corrected chi connectivity index (χ3v) is 3.86. The molecule has 1 atom stereocenters. The minimum Gasteiger partial charge on any atom is -0.329 e. The van der Waals surface area contributed by atoms with Gasteiger partial charge in [0.05, 0.1) is 0 Å². The van der Waals surface area contributed by atoms with Gasteiger partial charge in [-0.2, -0.15) is 0 Å². The summed E-state index contributed by atoms with van der Waals surface area (Å²) in [7, 11) is 0. The molecular weight excluding hydrogens is 210 g/mol. The number of pyridine rings is 1. The lowest BCUT2D eigenvalue weighted by atomic mass is 9.84. The molecule has 2 N–H and O–H groups in total. The van der Waals surface area contributed by atoms with E-state index < -0.39 is 0 Å². The molecule has 0 amide bonds. The molecule has 1 aliphatic rings. The molecule has 1 saturated carbocycles. The maximum Gasteiger partial charge on any atom is 0.0485 e. The van der Waals surface area contributed by atoms with Gasteiger partial charge in [-0.1, -0.05) is 19.4 Å². The average molecular weight is 233 g/mol. The first-order valence-corrected chi connectivity index (χ1v) is 6.69. The summed E-state index contributed by atoms with van der Waals surface area (Å²) in [5, 5.41) is 0. The molecule has 3 nitrogen and oxygen atoms in total. The van der Waals surface area contributed by atoms with Crippen LogP contribution >= 0.6 is 0 Å². The predicted molar refractivity (Wildman–Crippen MR) is 70.6 cm³/mol. The van der Waals surface area contributed by atoms with Crippen LogP contribution in [0.25, 0.3) is 0 Å². The van der Waals surface area contributed by atoms with Crippen molar-refractivity contribution in [3.8, 4) is 0 Å². The Morgan fingerprint density at radius 3 is 2.82 bits per heavy atom. The highest BCUT2D eigenvalue weighted by molar-refractivity contribution is 5.14. The lowest BCUT2D eigenvalue weighted by Gasteiger charge is -2.36. The van der Waals surface area contributed by atoms with E-state index in [1.165, 1.54) is 31.4 Å². The Labute approximate surface area is 104 Å². The molecule has 1 heterocycles. The van der Waals surface area contributed by atoms with Gasteiger partial charge in [0.1, 0.15) is 0 Å². The van der Waals surface area contributed by atoms with E-state index in [9.17, 15) is 0 Å². The second-order valence-electron chi connectivity index (χ2n) is 4.92. The van der Waals surface area contributed by atoms with Gasteiger partial charge in [0, 0.05) is 31.5 Å². The maximum atomic E-state index is 5.95. The van der Waals surface area contributed by atoms with Gasteiger partial charge in [-0.15, -0.1) is 0 Å². The van der Waals surface area contributed by atoms with Gasteiger partial charge in [-0.05, 0) is 36.9 Å². The molecule has 0 spiro atoms. The SMILES string of the molecule is CCN(CC1CCC1)C(CN)c1cccnc1. The summed E-state index contributed by atoms with van der Waals surface area (Å²) in [6.45, 7) is 5.14. The van der Waals surface area contributed by atoms with Crippen molar-refractivity contribution in [2.24, 2.45) is 11.7 Å². The Bertz CT molecular complexity index is 321. The summed E-state index contributed by atoms with van der Waals surface area (Å²) in [4.78, 5) is 6.70. The fraction of sp³-hybridized carbons (Fsp3) is 0.643. The first kappa shape index (κ1) is 12.5. The second-order valence-corrected chi connectivity index (χ2v) is 4.92. The highest BCUT2D eigenvalue weighted by Crippen LogP contribution is 2.29. The highest BCUT2D eigenvalue weighted by atomic mass is 15.2. The zero-order valence-corrected chi connectivity index (χ0v) is 10.7. The van der Waals surface area contributed by atoms with Crippen molar-refractivity contribution >= 4 is 0 Å². The average Bonchev–Trinajstić information content (AvgIpc) is 2.33. The van der Waals surface area contributed by atoms with E-state index in [2.05, 4.69) is 22.9 Å². The molecule has 2 rings (SSSR count). The van der Waals surface area contributed by atoms with Crippen molar-refractivity contribution in [3.63, 3.8) is 0 Å². The van der Waals surface area contributed by atoms with Crippen LogP contribution < -0.4 is 5.73 Å². The molecule has 0 aromatic carbocycles. The van der Waals surface area contributed by atoms with E-state index in [-0.39, 0.29) is 0 Å². The largest absolute Gasteiger partial charge is 0.329 e. The highest BCUT2D eigenvalue weighted by Gasteiger charge is 2.24. The van der Waals surface area contributed by atoms with Crippen molar-refractivity contribution in [3.05, 3.63) is 30.1 Å². The minimum atomic E-state index is 0.328. The third kappa shape index (κ3) is 3.05. The molecule has 1 aromatic heterocycles. The summed E-state index contributed by atoms with van der Waals surface area (Å²) in [5.74, 6) is 0.890. The van der Waals surface area contributed by atoms with E-state index in [0.717, 1.165) is 12.5 Å². The Kier molecular flexibility index (Phi) is 4.51. The van der Waals surface area contributed by atoms with Gasteiger partial charge in [-0.25, -0.2) is 0 Å². The molecule has 1 fully saturated rings. The van der Waals surface area contributed by atoms with Crippen LogP contribution in [0.5, 0.6) is 0 Å². The number of hydrogen-bond donors (Lipinski definition) is 1. The Morgan fingerprint density at radius 1 is 1.53 bits per heavy atom. The minimum absolute atomic E-state index is 0.328. The van der Waals surface area contributed by atoms with Gasteiger partial charge >= 0.3 is 0 Å². The summed E-state index contributed by atoms with van der Waals surface area (Å²) in [5.41, 5.74) is 7.19. The topological polar surface area (TPSA) is 42.1 Å². The molecule has 0 saturated heterocycles. The maximum absolute atomic E-state index is 5.95. The van der Waals surface area contributed by atoms with Crippen LogP contribution in [0.15, 0.2) is 24.5 Å². The van der Waals surface area contributed by atoms with Gasteiger partial charge in [0.2, 0.25) is 0 Å². The lowest BCUT2D eigenvalue weighted by Crippen LogP contribution is -2.38. The first-order valence-electron chi connectivity index (χ1n) is 6.69. The van der Waals surface area contributed by atoms with Gasteiger partial charge in [0.25, 0.3) is 0 Å². The molecule has 3 heteroatoms. The molecule has 94 valence electrons. The molecule has 1 aromatic rings. The van der Waals surface area contributed by atoms with Crippen LogP contribution in [-0.2, 0) is 0 Å². The van der Waals surface area contributed by atoms with Crippen molar-refractivity contribution < 1.29 is 0 Å². The quantitative estimate of drug-likeness (QED) is 0.819. The van der Waals surface area contributed by atoms with Crippen molar-refractivity contribution in [2.75, 3.05) is 19.6 Å². The smallest absolute Gasteiger partial charge is 0.0485 e. The molecule has 1 unspecified atom stereocenters. The number of rotatable bonds is 6. The van der Waals surface area contributed by atoms with Crippen molar-refractivity contribution in [1.29, 1.82) is 0 Å². The second kappa shape index (κ2) is 6.12. The Hall–Kier alpha value is -0.930. The van der Waals surface area contributed by atoms with Crippen molar-refractivity contribution in [2.45, 2.75) is 32.2 Å². The number of hydrogen-bond acceptors (Lipinski definition) is 3. The zero-order valence-electron chi connectivity index (χ0n) is 10.7. The number of nitrogens with zero attached hydrogens (tertiary/aromatic N) is 2. The van der Waals surface area contributed by atoms with Crippen LogP contribution in [0.1, 0.15) is 37.8 Å². The summed E-state index contributed by atoms with van der Waals surface area (Å²) in [6.07, 6.45) is 7.95. The fourth-order valence-corrected chi connectivity index (χ4v) is 2.55. The van der Waals surface area contributed by atoms with Crippen LogP contribution in [0.3, 0.4) is 0 Å². The van der Waals surface area contributed by atoms with Gasteiger partial charge < -0.3 is 5.73 Å². The van der Waals surface area contributed by atoms with Gasteiger partial charge in [0.15, 0.2) is 0 Å². The standard InChI is InChI=1S/C14H23N3/c1-2-17(11-12-5-3-6-12)14(9-15)13-7-4-8-16-10-13/h4,7-8,10,12,14H,2-3,5-6,9,11,15H2,1H3. The fourth-order valence-electron chi connectivity index (χ4n) is 2.55. The molecule has 1 aliphatic carbocycles. The number of nitrogens with two attached hydrogens (primary N) is 1. The van der Waals surface area contributed by atoms with Crippen LogP contribution in [-0.4, -0.2) is 29.5 Å². The molecule has 0 radical (unpaired) electrons. The predicted octanol–water partition coefficient (Wildman–Crippen LogP) is 2.20. The molecular formula is C14H23N3. The summed E-state index contributed by atoms with van der Waals surface area (Å²) in [6, 6.07) is 4.46. The van der Waals surface area contributed by atoms with Crippen LogP contribution in [0.2, 0.25) is 0 Å².